The van der Waals surface area contributed by atoms with Gasteiger partial charge >= 0.3 is 0 Å². The van der Waals surface area contributed by atoms with E-state index in [-0.39, 0.29) is 0 Å². The van der Waals surface area contributed by atoms with Crippen molar-refractivity contribution in [2.75, 3.05) is 14.2 Å². The zero-order chi connectivity index (χ0) is 9.40. The van der Waals surface area contributed by atoms with Gasteiger partial charge < -0.3 is 9.30 Å². The molecule has 0 aliphatic carbocycles. The monoisotopic (exact) mass is 170 g/mol. The molecular weight excluding hydrogens is 152 g/mol. The first-order chi connectivity index (χ1) is 5.74. The van der Waals surface area contributed by atoms with Crippen molar-refractivity contribution in [3.05, 3.63) is 18.2 Å². The summed E-state index contributed by atoms with van der Waals surface area (Å²) in [5, 5.41) is 0. The highest BCUT2D eigenvalue weighted by Gasteiger charge is 1.91. The molecule has 70 valence electrons. The van der Waals surface area contributed by atoms with Crippen LogP contribution in [0.5, 0.6) is 0 Å². The van der Waals surface area contributed by atoms with Crippen LogP contribution >= 0.6 is 0 Å². The molecule has 3 nitrogen and oxygen atoms in total. The summed E-state index contributed by atoms with van der Waals surface area (Å²) >= 11 is 0. The minimum absolute atomic E-state index is 1.10. The van der Waals surface area contributed by atoms with Gasteiger partial charge in [-0.3, -0.25) is 0 Å². The Labute approximate surface area is 74.4 Å². The van der Waals surface area contributed by atoms with Crippen molar-refractivity contribution in [2.24, 2.45) is 7.05 Å². The molecule has 0 amide bonds. The first-order valence-corrected chi connectivity index (χ1v) is 4.11. The zero-order valence-electron chi connectivity index (χ0n) is 8.37. The second-order valence-electron chi connectivity index (χ2n) is 2.69. The molecule has 1 rings (SSSR count). The third-order valence-electron chi connectivity index (χ3n) is 1.26. The molecule has 0 saturated heterocycles. The standard InChI is InChI=1S/C7H12N2.C2H6O/c1-3-4-7-5-9(2)6-8-7;1-3-2/h5-6H,3-4H2,1-2H3;1-2H3. The number of rotatable bonds is 2. The lowest BCUT2D eigenvalue weighted by Crippen LogP contribution is -1.81. The van der Waals surface area contributed by atoms with Gasteiger partial charge in [0.1, 0.15) is 0 Å². The second-order valence-corrected chi connectivity index (χ2v) is 2.69. The third kappa shape index (κ3) is 4.91. The Bertz CT molecular complexity index is 196. The normalized spacial score (nSPS) is 9.00. The topological polar surface area (TPSA) is 27.1 Å². The molecule has 3 heteroatoms. The second kappa shape index (κ2) is 6.85. The van der Waals surface area contributed by atoms with Gasteiger partial charge in [-0.1, -0.05) is 13.3 Å². The van der Waals surface area contributed by atoms with Crippen molar-refractivity contribution in [1.29, 1.82) is 0 Å². The average Bonchev–Trinajstić information content (AvgIpc) is 2.38. The van der Waals surface area contributed by atoms with E-state index in [0.717, 1.165) is 6.42 Å². The molecule has 0 unspecified atom stereocenters. The molecule has 0 N–H and O–H groups in total. The van der Waals surface area contributed by atoms with Crippen LogP contribution < -0.4 is 0 Å². The molecule has 0 saturated carbocycles. The van der Waals surface area contributed by atoms with E-state index in [9.17, 15) is 0 Å². The molecule has 1 heterocycles. The fraction of sp³-hybridized carbons (Fsp3) is 0.667. The van der Waals surface area contributed by atoms with Crippen LogP contribution in [-0.2, 0) is 18.2 Å². The Morgan fingerprint density at radius 1 is 1.50 bits per heavy atom. The number of imidazole rings is 1. The van der Waals surface area contributed by atoms with Crippen LogP contribution in [0.4, 0.5) is 0 Å². The highest BCUT2D eigenvalue weighted by Crippen LogP contribution is 1.96. The van der Waals surface area contributed by atoms with Gasteiger partial charge in [0.15, 0.2) is 0 Å². The van der Waals surface area contributed by atoms with Crippen LogP contribution in [0.1, 0.15) is 19.0 Å². The van der Waals surface area contributed by atoms with Crippen molar-refractivity contribution < 1.29 is 4.74 Å². The van der Waals surface area contributed by atoms with Crippen LogP contribution in [0.25, 0.3) is 0 Å². The van der Waals surface area contributed by atoms with Gasteiger partial charge in [-0.15, -0.1) is 0 Å². The van der Waals surface area contributed by atoms with Gasteiger partial charge in [0.05, 0.1) is 12.0 Å². The molecule has 12 heavy (non-hydrogen) atoms. The molecule has 0 bridgehead atoms. The lowest BCUT2D eigenvalue weighted by Gasteiger charge is -1.86. The van der Waals surface area contributed by atoms with E-state index in [2.05, 4.69) is 22.8 Å². The van der Waals surface area contributed by atoms with Crippen LogP contribution in [0, 0.1) is 0 Å². The van der Waals surface area contributed by atoms with Crippen LogP contribution in [0.15, 0.2) is 12.5 Å². The lowest BCUT2D eigenvalue weighted by atomic mass is 10.3. The SMILES string of the molecule is CCCc1cn(C)cn1.COC. The highest BCUT2D eigenvalue weighted by atomic mass is 16.4. The molecule has 0 aliphatic rings. The summed E-state index contributed by atoms with van der Waals surface area (Å²) in [4.78, 5) is 4.17. The molecule has 0 aliphatic heterocycles. The molecule has 0 aromatic carbocycles. The molecule has 1 aromatic heterocycles. The van der Waals surface area contributed by atoms with Gasteiger partial charge in [0.25, 0.3) is 0 Å². The predicted octanol–water partition coefficient (Wildman–Crippen LogP) is 1.64. The average molecular weight is 170 g/mol. The molecule has 0 fully saturated rings. The summed E-state index contributed by atoms with van der Waals surface area (Å²) in [6, 6.07) is 0. The maximum Gasteiger partial charge on any atom is 0.0946 e. The summed E-state index contributed by atoms with van der Waals surface area (Å²) in [6.07, 6.45) is 6.17. The van der Waals surface area contributed by atoms with Crippen molar-refractivity contribution in [2.45, 2.75) is 19.8 Å². The van der Waals surface area contributed by atoms with E-state index in [1.807, 2.05) is 17.9 Å². The van der Waals surface area contributed by atoms with Gasteiger partial charge in [-0.05, 0) is 6.42 Å². The Kier molecular flexibility index (Phi) is 6.38. The largest absolute Gasteiger partial charge is 0.388 e. The van der Waals surface area contributed by atoms with Crippen molar-refractivity contribution in [3.63, 3.8) is 0 Å². The first-order valence-electron chi connectivity index (χ1n) is 4.11. The Balaban J connectivity index is 0.000000354. The maximum atomic E-state index is 4.25. The van der Waals surface area contributed by atoms with Crippen molar-refractivity contribution >= 4 is 0 Å². The van der Waals surface area contributed by atoms with E-state index in [1.165, 1.54) is 12.1 Å². The van der Waals surface area contributed by atoms with Gasteiger partial charge in [0.2, 0.25) is 0 Å². The van der Waals surface area contributed by atoms with E-state index in [4.69, 9.17) is 0 Å². The Hall–Kier alpha value is -0.830. The zero-order valence-corrected chi connectivity index (χ0v) is 8.37. The van der Waals surface area contributed by atoms with Crippen molar-refractivity contribution in [3.8, 4) is 0 Å². The lowest BCUT2D eigenvalue weighted by molar-refractivity contribution is 0.277. The summed E-state index contributed by atoms with van der Waals surface area (Å²) < 4.78 is 6.23. The molecular formula is C9H18N2O. The molecule has 0 atom stereocenters. The molecule has 1 aromatic rings. The Morgan fingerprint density at radius 2 is 2.08 bits per heavy atom. The summed E-state index contributed by atoms with van der Waals surface area (Å²) in [6.45, 7) is 2.16. The van der Waals surface area contributed by atoms with Crippen LogP contribution in [0.3, 0.4) is 0 Å². The quantitative estimate of drug-likeness (QED) is 0.674. The molecule has 0 radical (unpaired) electrons. The summed E-state index contributed by atoms with van der Waals surface area (Å²) in [5.74, 6) is 0. The maximum absolute atomic E-state index is 4.25. The minimum atomic E-state index is 1.10. The van der Waals surface area contributed by atoms with E-state index >= 15 is 0 Å². The summed E-state index contributed by atoms with van der Waals surface area (Å²) in [5.41, 5.74) is 1.19. The Morgan fingerprint density at radius 3 is 2.42 bits per heavy atom. The van der Waals surface area contributed by atoms with Crippen LogP contribution in [0.2, 0.25) is 0 Å². The predicted molar refractivity (Wildman–Crippen MR) is 50.1 cm³/mol. The number of aryl methyl sites for hydroxylation is 2. The third-order valence-corrected chi connectivity index (χ3v) is 1.26. The van der Waals surface area contributed by atoms with Crippen LogP contribution in [-0.4, -0.2) is 23.8 Å². The number of hydrogen-bond acceptors (Lipinski definition) is 2. The smallest absolute Gasteiger partial charge is 0.0946 e. The van der Waals surface area contributed by atoms with E-state index in [0.29, 0.717) is 0 Å². The van der Waals surface area contributed by atoms with Crippen molar-refractivity contribution in [1.82, 2.24) is 9.55 Å². The fourth-order valence-electron chi connectivity index (χ4n) is 0.852. The van der Waals surface area contributed by atoms with E-state index < -0.39 is 0 Å². The first kappa shape index (κ1) is 11.2. The van der Waals surface area contributed by atoms with Gasteiger partial charge in [-0.2, -0.15) is 0 Å². The van der Waals surface area contributed by atoms with Gasteiger partial charge in [-0.25, -0.2) is 4.98 Å². The summed E-state index contributed by atoms with van der Waals surface area (Å²) in [7, 11) is 5.24. The number of ether oxygens (including phenoxy) is 1. The fourth-order valence-corrected chi connectivity index (χ4v) is 0.852. The minimum Gasteiger partial charge on any atom is -0.388 e. The molecule has 0 spiro atoms. The number of aromatic nitrogens is 2. The number of methoxy groups -OCH3 is 1. The van der Waals surface area contributed by atoms with Gasteiger partial charge in [0, 0.05) is 27.5 Å². The number of nitrogens with zero attached hydrogens (tertiary/aromatic N) is 2. The van der Waals surface area contributed by atoms with E-state index in [1.54, 1.807) is 14.2 Å². The number of hydrogen-bond donors (Lipinski definition) is 0. The highest BCUT2D eigenvalue weighted by molar-refractivity contribution is 4.95.